The van der Waals surface area contributed by atoms with E-state index in [9.17, 15) is 5.11 Å². The lowest BCUT2D eigenvalue weighted by molar-refractivity contribution is 0.276. The molecule has 0 saturated carbocycles. The van der Waals surface area contributed by atoms with Crippen LogP contribution in [0.5, 0.6) is 5.75 Å². The molecule has 1 atom stereocenters. The number of nitrogens with one attached hydrogen (secondary N) is 2. The number of anilines is 2. The van der Waals surface area contributed by atoms with Gasteiger partial charge in [0.25, 0.3) is 0 Å². The Balaban J connectivity index is 2.00. The zero-order chi connectivity index (χ0) is 21.5. The molecule has 162 valence electrons. The van der Waals surface area contributed by atoms with Gasteiger partial charge >= 0.3 is 0 Å². The van der Waals surface area contributed by atoms with Gasteiger partial charge in [-0.25, -0.2) is 4.98 Å². The molecule has 0 aliphatic carbocycles. The van der Waals surface area contributed by atoms with Crippen molar-refractivity contribution in [2.45, 2.75) is 45.3 Å². The van der Waals surface area contributed by atoms with Gasteiger partial charge in [0.15, 0.2) is 5.82 Å². The topological polar surface area (TPSA) is 136 Å². The highest BCUT2D eigenvalue weighted by atomic mass is 16.5. The first-order valence-electron chi connectivity index (χ1n) is 10.1. The van der Waals surface area contributed by atoms with Gasteiger partial charge in [-0.2, -0.15) is 10.1 Å². The van der Waals surface area contributed by atoms with Crippen LogP contribution in [0, 0.1) is 0 Å². The Morgan fingerprint density at radius 1 is 1.27 bits per heavy atom. The first kappa shape index (κ1) is 21.7. The van der Waals surface area contributed by atoms with E-state index in [1.54, 1.807) is 19.5 Å². The zero-order valence-electron chi connectivity index (χ0n) is 17.7. The van der Waals surface area contributed by atoms with Gasteiger partial charge < -0.3 is 26.2 Å². The van der Waals surface area contributed by atoms with Crippen LogP contribution < -0.4 is 21.1 Å². The molecule has 3 aromatic heterocycles. The van der Waals surface area contributed by atoms with Crippen LogP contribution in [0.4, 0.5) is 11.8 Å². The molecule has 3 aromatic rings. The van der Waals surface area contributed by atoms with Crippen LogP contribution in [0.15, 0.2) is 18.5 Å². The van der Waals surface area contributed by atoms with E-state index in [0.717, 1.165) is 29.6 Å². The normalized spacial score (nSPS) is 12.3. The molecule has 0 radical (unpaired) electrons. The maximum Gasteiger partial charge on any atom is 0.222 e. The number of hydrogen-bond acceptors (Lipinski definition) is 9. The van der Waals surface area contributed by atoms with Crippen molar-refractivity contribution in [3.63, 3.8) is 0 Å². The van der Waals surface area contributed by atoms with E-state index in [0.29, 0.717) is 36.6 Å². The minimum atomic E-state index is 0.0820. The third-order valence-electron chi connectivity index (χ3n) is 4.86. The summed E-state index contributed by atoms with van der Waals surface area (Å²) in [5.74, 6) is 1.49. The Bertz CT molecular complexity index is 969. The molecule has 0 aliphatic rings. The average Bonchev–Trinajstić information content (AvgIpc) is 3.11. The maximum absolute atomic E-state index is 9.41. The van der Waals surface area contributed by atoms with E-state index in [-0.39, 0.29) is 18.6 Å². The maximum atomic E-state index is 9.41. The van der Waals surface area contributed by atoms with Crippen LogP contribution in [-0.2, 0) is 13.1 Å². The minimum absolute atomic E-state index is 0.0820. The van der Waals surface area contributed by atoms with E-state index in [1.807, 2.05) is 17.8 Å². The van der Waals surface area contributed by atoms with E-state index in [4.69, 9.17) is 10.5 Å². The van der Waals surface area contributed by atoms with Gasteiger partial charge in [0.05, 0.1) is 31.7 Å². The Kier molecular flexibility index (Phi) is 7.36. The molecule has 3 heterocycles. The second-order valence-electron chi connectivity index (χ2n) is 7.13. The number of nitrogens with two attached hydrogens (primary N) is 1. The molecule has 0 spiro atoms. The molecule has 0 bridgehead atoms. The molecule has 0 fully saturated rings. The molecule has 0 saturated heterocycles. The van der Waals surface area contributed by atoms with Gasteiger partial charge in [-0.1, -0.05) is 13.3 Å². The van der Waals surface area contributed by atoms with Crippen LogP contribution in [0.2, 0.25) is 0 Å². The first-order chi connectivity index (χ1) is 14.6. The average molecular weight is 415 g/mol. The third kappa shape index (κ3) is 4.95. The van der Waals surface area contributed by atoms with E-state index in [2.05, 4.69) is 37.6 Å². The summed E-state index contributed by atoms with van der Waals surface area (Å²) >= 11 is 0. The predicted octanol–water partition coefficient (Wildman–Crippen LogP) is 1.54. The van der Waals surface area contributed by atoms with Gasteiger partial charge in [-0.3, -0.25) is 9.67 Å². The van der Waals surface area contributed by atoms with E-state index >= 15 is 0 Å². The number of rotatable bonds is 11. The summed E-state index contributed by atoms with van der Waals surface area (Å²) in [6.07, 6.45) is 5.93. The number of ether oxygens (including phenoxy) is 1. The molecule has 10 heteroatoms. The molecule has 0 amide bonds. The van der Waals surface area contributed by atoms with Crippen LogP contribution in [0.3, 0.4) is 0 Å². The van der Waals surface area contributed by atoms with Crippen molar-refractivity contribution in [1.29, 1.82) is 0 Å². The molecule has 10 nitrogen and oxygen atoms in total. The standard InChI is InChI=1S/C20H30N8O2/c1-4-5-14(6-7-29)25-19-18-16(26-20(21)27-19)10-24-28(18)12-13-8-15(9-22-2)23-11-17(13)30-3/h8,10-11,14,22,29H,4-7,9,12H2,1-3H3,(H3,21,25,26,27)/t14-/m0/s1. The fourth-order valence-electron chi connectivity index (χ4n) is 3.50. The monoisotopic (exact) mass is 414 g/mol. The largest absolute Gasteiger partial charge is 0.495 e. The summed E-state index contributed by atoms with van der Waals surface area (Å²) in [6.45, 7) is 3.33. The molecular weight excluding hydrogens is 384 g/mol. The van der Waals surface area contributed by atoms with E-state index < -0.39 is 0 Å². The van der Waals surface area contributed by atoms with E-state index in [1.165, 1.54) is 0 Å². The summed E-state index contributed by atoms with van der Waals surface area (Å²) in [7, 11) is 3.51. The molecule has 0 aromatic carbocycles. The summed E-state index contributed by atoms with van der Waals surface area (Å²) in [4.78, 5) is 13.2. The SMILES string of the molecule is CCC[C@@H](CCO)Nc1nc(N)nc2cnn(Cc3cc(CNC)ncc3OC)c12. The summed E-state index contributed by atoms with van der Waals surface area (Å²) in [5, 5.41) is 20.5. The number of nitrogens with zero attached hydrogens (tertiary/aromatic N) is 5. The van der Waals surface area contributed by atoms with Crippen molar-refractivity contribution < 1.29 is 9.84 Å². The Morgan fingerprint density at radius 3 is 2.80 bits per heavy atom. The van der Waals surface area contributed by atoms with Gasteiger partial charge in [0, 0.05) is 24.8 Å². The number of pyridine rings is 1. The number of hydrogen-bond donors (Lipinski definition) is 4. The second kappa shape index (κ2) is 10.2. The van der Waals surface area contributed by atoms with Gasteiger partial charge in [-0.15, -0.1) is 0 Å². The highest BCUT2D eigenvalue weighted by molar-refractivity contribution is 5.86. The van der Waals surface area contributed by atoms with Crippen molar-refractivity contribution >= 4 is 22.8 Å². The fraction of sp³-hybridized carbons (Fsp3) is 0.500. The van der Waals surface area contributed by atoms with Crippen molar-refractivity contribution in [2.75, 3.05) is 31.8 Å². The Labute approximate surface area is 175 Å². The Hall–Kier alpha value is -2.98. The predicted molar refractivity (Wildman–Crippen MR) is 116 cm³/mol. The van der Waals surface area contributed by atoms with Crippen LogP contribution >= 0.6 is 0 Å². The highest BCUT2D eigenvalue weighted by Crippen LogP contribution is 2.26. The molecule has 0 aliphatic heterocycles. The number of fused-ring (bicyclic) bond motifs is 1. The van der Waals surface area contributed by atoms with Crippen LogP contribution in [0.25, 0.3) is 11.0 Å². The third-order valence-corrected chi connectivity index (χ3v) is 4.86. The van der Waals surface area contributed by atoms with Crippen LogP contribution in [-0.4, -0.2) is 56.6 Å². The molecule has 0 unspecified atom stereocenters. The number of nitrogen functional groups attached to an aromatic ring is 1. The lowest BCUT2D eigenvalue weighted by atomic mass is 10.1. The summed E-state index contributed by atoms with van der Waals surface area (Å²) in [5.41, 5.74) is 9.21. The van der Waals surface area contributed by atoms with Crippen molar-refractivity contribution in [2.24, 2.45) is 0 Å². The van der Waals surface area contributed by atoms with Gasteiger partial charge in [0.2, 0.25) is 5.95 Å². The Morgan fingerprint density at radius 2 is 2.10 bits per heavy atom. The first-order valence-corrected chi connectivity index (χ1v) is 10.1. The molecule has 30 heavy (non-hydrogen) atoms. The van der Waals surface area contributed by atoms with Gasteiger partial charge in [0.1, 0.15) is 16.8 Å². The van der Waals surface area contributed by atoms with Gasteiger partial charge in [-0.05, 0) is 26.0 Å². The summed E-state index contributed by atoms with van der Waals surface area (Å²) in [6, 6.07) is 2.08. The van der Waals surface area contributed by atoms with Crippen molar-refractivity contribution in [3.05, 3.63) is 29.7 Å². The highest BCUT2D eigenvalue weighted by Gasteiger charge is 2.17. The lowest BCUT2D eigenvalue weighted by Gasteiger charge is -2.19. The van der Waals surface area contributed by atoms with Crippen molar-refractivity contribution in [3.8, 4) is 5.75 Å². The number of aliphatic hydroxyl groups is 1. The second-order valence-corrected chi connectivity index (χ2v) is 7.13. The fourth-order valence-corrected chi connectivity index (χ4v) is 3.50. The zero-order valence-corrected chi connectivity index (χ0v) is 17.7. The molecule has 3 rings (SSSR count). The van der Waals surface area contributed by atoms with Crippen LogP contribution in [0.1, 0.15) is 37.4 Å². The number of aromatic nitrogens is 5. The summed E-state index contributed by atoms with van der Waals surface area (Å²) < 4.78 is 7.33. The molecule has 5 N–H and O–H groups in total. The lowest BCUT2D eigenvalue weighted by Crippen LogP contribution is -2.22. The molecular formula is C20H30N8O2. The number of methoxy groups -OCH3 is 1. The number of aliphatic hydroxyl groups excluding tert-OH is 1. The minimum Gasteiger partial charge on any atom is -0.495 e. The smallest absolute Gasteiger partial charge is 0.222 e. The quantitative estimate of drug-likeness (QED) is 0.368. The van der Waals surface area contributed by atoms with Crippen molar-refractivity contribution in [1.82, 2.24) is 30.0 Å².